The summed E-state index contributed by atoms with van der Waals surface area (Å²) in [6.07, 6.45) is 0.0186. The van der Waals surface area contributed by atoms with Crippen molar-refractivity contribution in [2.24, 2.45) is 5.10 Å². The number of thioether (sulfide) groups is 1. The van der Waals surface area contributed by atoms with Crippen molar-refractivity contribution >= 4 is 52.7 Å². The van der Waals surface area contributed by atoms with Crippen LogP contribution >= 0.6 is 11.8 Å². The maximum absolute atomic E-state index is 12.5. The molecule has 0 saturated heterocycles. The highest BCUT2D eigenvalue weighted by Gasteiger charge is 2.26. The van der Waals surface area contributed by atoms with E-state index in [1.54, 1.807) is 60.7 Å². The first-order chi connectivity index (χ1) is 16.9. The second-order valence-corrected chi connectivity index (χ2v) is 8.48. The number of hydrogen-bond donors (Lipinski definition) is 3. The van der Waals surface area contributed by atoms with Crippen LogP contribution in [0.15, 0.2) is 88.9 Å². The summed E-state index contributed by atoms with van der Waals surface area (Å²) in [6.45, 7) is 0. The Kier molecular flexibility index (Phi) is 7.22. The largest absolute Gasteiger partial charge is 0.478 e. The fourth-order valence-electron chi connectivity index (χ4n) is 3.32. The van der Waals surface area contributed by atoms with Gasteiger partial charge in [0.1, 0.15) is 5.84 Å². The van der Waals surface area contributed by atoms with E-state index in [0.717, 1.165) is 4.90 Å². The molecule has 3 aromatic carbocycles. The van der Waals surface area contributed by atoms with Gasteiger partial charge in [0.2, 0.25) is 5.91 Å². The second kappa shape index (κ2) is 10.7. The summed E-state index contributed by atoms with van der Waals surface area (Å²) in [5.74, 6) is -1.82. The molecule has 0 spiro atoms. The van der Waals surface area contributed by atoms with Gasteiger partial charge in [0.05, 0.1) is 29.0 Å². The highest BCUT2D eigenvalue weighted by Crippen LogP contribution is 2.22. The van der Waals surface area contributed by atoms with Crippen LogP contribution in [0.25, 0.3) is 0 Å². The Hall–Kier alpha value is -4.44. The van der Waals surface area contributed by atoms with Gasteiger partial charge in [0.25, 0.3) is 11.8 Å². The Morgan fingerprint density at radius 1 is 0.886 bits per heavy atom. The number of nitrogens with one attached hydrogen (secondary N) is 2. The highest BCUT2D eigenvalue weighted by molar-refractivity contribution is 8.00. The van der Waals surface area contributed by atoms with Gasteiger partial charge in [-0.2, -0.15) is 10.1 Å². The van der Waals surface area contributed by atoms with E-state index in [1.165, 1.54) is 28.9 Å². The number of amidine groups is 1. The number of carboxylic acids is 1. The first-order valence-electron chi connectivity index (χ1n) is 10.5. The Morgan fingerprint density at radius 3 is 2.23 bits per heavy atom. The third kappa shape index (κ3) is 5.92. The number of carbonyl (C=O) groups is 4. The summed E-state index contributed by atoms with van der Waals surface area (Å²) in [5.41, 5.74) is 1.11. The molecule has 0 radical (unpaired) electrons. The van der Waals surface area contributed by atoms with E-state index in [2.05, 4.69) is 15.7 Å². The lowest BCUT2D eigenvalue weighted by Gasteiger charge is -2.10. The average molecular weight is 489 g/mol. The smallest absolute Gasteiger partial charge is 0.336 e. The predicted molar refractivity (Wildman–Crippen MR) is 133 cm³/mol. The number of amides is 3. The molecule has 0 unspecified atom stereocenters. The van der Waals surface area contributed by atoms with Crippen molar-refractivity contribution in [3.63, 3.8) is 0 Å². The Bertz CT molecular complexity index is 1310. The third-order valence-electron chi connectivity index (χ3n) is 4.94. The van der Waals surface area contributed by atoms with Crippen LogP contribution in [-0.4, -0.2) is 40.4 Å². The van der Waals surface area contributed by atoms with E-state index < -0.39 is 11.9 Å². The van der Waals surface area contributed by atoms with Gasteiger partial charge in [0.15, 0.2) is 0 Å². The Labute approximate surface area is 204 Å². The zero-order valence-corrected chi connectivity index (χ0v) is 19.1. The van der Waals surface area contributed by atoms with E-state index in [9.17, 15) is 24.3 Å². The molecule has 10 heteroatoms. The summed E-state index contributed by atoms with van der Waals surface area (Å²) >= 11 is 1.28. The molecule has 4 rings (SSSR count). The van der Waals surface area contributed by atoms with Crippen molar-refractivity contribution in [3.8, 4) is 0 Å². The molecule has 0 atom stereocenters. The van der Waals surface area contributed by atoms with Crippen LogP contribution < -0.4 is 15.6 Å². The Balaban J connectivity index is 1.29. The fraction of sp³-hybridized carbons (Fsp3) is 0.0800. The molecule has 1 aliphatic heterocycles. The SMILES string of the molecule is O=C(CSc1ccc(NC(=O)c2ccccc2C(=O)O)cc1)NC1=NN(c2ccccc2)C(=O)C1. The minimum absolute atomic E-state index is 0.0186. The van der Waals surface area contributed by atoms with Gasteiger partial charge < -0.3 is 15.7 Å². The average Bonchev–Trinajstić information content (AvgIpc) is 3.23. The minimum Gasteiger partial charge on any atom is -0.478 e. The molecule has 9 nitrogen and oxygen atoms in total. The maximum Gasteiger partial charge on any atom is 0.336 e. The van der Waals surface area contributed by atoms with Crippen molar-refractivity contribution in [1.29, 1.82) is 0 Å². The van der Waals surface area contributed by atoms with E-state index in [-0.39, 0.29) is 35.1 Å². The lowest BCUT2D eigenvalue weighted by Crippen LogP contribution is -2.31. The van der Waals surface area contributed by atoms with Crippen LogP contribution in [0, 0.1) is 0 Å². The number of para-hydroxylation sites is 1. The van der Waals surface area contributed by atoms with Gasteiger partial charge in [-0.3, -0.25) is 14.4 Å². The molecule has 3 N–H and O–H groups in total. The van der Waals surface area contributed by atoms with Gasteiger partial charge in [-0.05, 0) is 48.5 Å². The second-order valence-electron chi connectivity index (χ2n) is 7.43. The van der Waals surface area contributed by atoms with Gasteiger partial charge in [-0.15, -0.1) is 11.8 Å². The highest BCUT2D eigenvalue weighted by atomic mass is 32.2. The van der Waals surface area contributed by atoms with Crippen LogP contribution in [0.1, 0.15) is 27.1 Å². The molecule has 1 heterocycles. The minimum atomic E-state index is -1.18. The number of carbonyl (C=O) groups excluding carboxylic acids is 3. The lowest BCUT2D eigenvalue weighted by atomic mass is 10.1. The number of rotatable bonds is 7. The molecule has 0 aliphatic carbocycles. The third-order valence-corrected chi connectivity index (χ3v) is 5.96. The summed E-state index contributed by atoms with van der Waals surface area (Å²) in [4.78, 5) is 49.1. The van der Waals surface area contributed by atoms with Gasteiger partial charge in [-0.1, -0.05) is 30.3 Å². The van der Waals surface area contributed by atoms with E-state index >= 15 is 0 Å². The molecule has 176 valence electrons. The molecule has 35 heavy (non-hydrogen) atoms. The van der Waals surface area contributed by atoms with E-state index in [0.29, 0.717) is 17.2 Å². The monoisotopic (exact) mass is 488 g/mol. The van der Waals surface area contributed by atoms with Crippen molar-refractivity contribution in [1.82, 2.24) is 5.32 Å². The summed E-state index contributed by atoms with van der Waals surface area (Å²) in [7, 11) is 0. The molecule has 1 aliphatic rings. The number of benzene rings is 3. The number of aromatic carboxylic acids is 1. The van der Waals surface area contributed by atoms with Crippen LogP contribution in [-0.2, 0) is 9.59 Å². The Morgan fingerprint density at radius 2 is 1.54 bits per heavy atom. The van der Waals surface area contributed by atoms with Gasteiger partial charge in [0, 0.05) is 10.6 Å². The quantitative estimate of drug-likeness (QED) is 0.436. The number of hydrazone groups is 1. The number of hydrogen-bond acceptors (Lipinski definition) is 6. The summed E-state index contributed by atoms with van der Waals surface area (Å²) in [5, 5.41) is 20.1. The lowest BCUT2D eigenvalue weighted by molar-refractivity contribution is -0.117. The van der Waals surface area contributed by atoms with Gasteiger partial charge in [-0.25, -0.2) is 4.79 Å². The molecule has 3 amide bonds. The maximum atomic E-state index is 12.5. The zero-order valence-electron chi connectivity index (χ0n) is 18.3. The number of nitrogens with zero attached hydrogens (tertiary/aromatic N) is 2. The molecule has 0 bridgehead atoms. The topological polar surface area (TPSA) is 128 Å². The first kappa shape index (κ1) is 23.7. The normalized spacial score (nSPS) is 12.7. The molecular formula is C25H20N4O5S. The molecular weight excluding hydrogens is 468 g/mol. The zero-order chi connectivity index (χ0) is 24.8. The van der Waals surface area contributed by atoms with E-state index in [1.807, 2.05) is 6.07 Å². The van der Waals surface area contributed by atoms with Crippen molar-refractivity contribution in [3.05, 3.63) is 90.0 Å². The van der Waals surface area contributed by atoms with E-state index in [4.69, 9.17) is 0 Å². The number of carboxylic acid groups (broad SMARTS) is 1. The standard InChI is InChI=1S/C25H20N4O5S/c30-22(27-21-14-23(31)29(28-21)17-6-2-1-3-7-17)15-35-18-12-10-16(11-13-18)26-24(32)19-8-4-5-9-20(19)25(33)34/h1-13H,14-15H2,(H,26,32)(H,33,34)(H,27,28,30). The summed E-state index contributed by atoms with van der Waals surface area (Å²) < 4.78 is 0. The molecule has 0 aromatic heterocycles. The molecule has 0 saturated carbocycles. The van der Waals surface area contributed by atoms with Crippen molar-refractivity contribution in [2.75, 3.05) is 16.1 Å². The van der Waals surface area contributed by atoms with Crippen LogP contribution in [0.3, 0.4) is 0 Å². The van der Waals surface area contributed by atoms with Crippen LogP contribution in [0.5, 0.6) is 0 Å². The number of anilines is 2. The van der Waals surface area contributed by atoms with Crippen molar-refractivity contribution < 1.29 is 24.3 Å². The van der Waals surface area contributed by atoms with Crippen molar-refractivity contribution in [2.45, 2.75) is 11.3 Å². The molecule has 3 aromatic rings. The van der Waals surface area contributed by atoms with Crippen LogP contribution in [0.4, 0.5) is 11.4 Å². The van der Waals surface area contributed by atoms with Gasteiger partial charge >= 0.3 is 5.97 Å². The summed E-state index contributed by atoms with van der Waals surface area (Å²) in [6, 6.07) is 21.7. The fourth-order valence-corrected chi connectivity index (χ4v) is 4.01. The van der Waals surface area contributed by atoms with Crippen LogP contribution in [0.2, 0.25) is 0 Å². The first-order valence-corrected chi connectivity index (χ1v) is 11.5. The predicted octanol–water partition coefficient (Wildman–Crippen LogP) is 3.60. The molecule has 0 fully saturated rings.